The summed E-state index contributed by atoms with van der Waals surface area (Å²) in [5.74, 6) is -0.118. The lowest BCUT2D eigenvalue weighted by Gasteiger charge is -2.33. The lowest BCUT2D eigenvalue weighted by Crippen LogP contribution is -2.34. The highest BCUT2D eigenvalue weighted by Crippen LogP contribution is 2.30. The number of halogens is 1. The molecule has 1 aromatic carbocycles. The quantitative estimate of drug-likeness (QED) is 0.798. The van der Waals surface area contributed by atoms with Gasteiger partial charge in [-0.15, -0.1) is 0 Å². The zero-order valence-electron chi connectivity index (χ0n) is 12.8. The number of nitrogens with one attached hydrogen (secondary N) is 1. The second kappa shape index (κ2) is 7.49. The van der Waals surface area contributed by atoms with E-state index in [1.807, 2.05) is 19.9 Å². The third-order valence-electron chi connectivity index (χ3n) is 3.75. The molecule has 2 unspecified atom stereocenters. The Labute approximate surface area is 117 Å². The van der Waals surface area contributed by atoms with Gasteiger partial charge in [-0.05, 0) is 45.9 Å². The fourth-order valence-corrected chi connectivity index (χ4v) is 2.55. The molecule has 0 spiro atoms. The van der Waals surface area contributed by atoms with E-state index in [0.717, 1.165) is 30.8 Å². The molecule has 0 aliphatic rings. The van der Waals surface area contributed by atoms with E-state index < -0.39 is 0 Å². The molecule has 1 N–H and O–H groups in total. The van der Waals surface area contributed by atoms with Gasteiger partial charge in [0.15, 0.2) is 0 Å². The summed E-state index contributed by atoms with van der Waals surface area (Å²) in [6, 6.07) is 5.83. The van der Waals surface area contributed by atoms with Crippen molar-refractivity contribution < 1.29 is 4.39 Å². The van der Waals surface area contributed by atoms with Gasteiger partial charge in [0.05, 0.1) is 0 Å². The molecule has 19 heavy (non-hydrogen) atoms. The molecule has 0 bridgehead atoms. The number of benzene rings is 1. The maximum absolute atomic E-state index is 14.2. The fraction of sp³-hybridized carbons (Fsp3) is 0.625. The van der Waals surface area contributed by atoms with Crippen LogP contribution in [0.2, 0.25) is 0 Å². The van der Waals surface area contributed by atoms with Gasteiger partial charge in [0.1, 0.15) is 5.82 Å². The third kappa shape index (κ3) is 3.69. The number of rotatable bonds is 7. The highest BCUT2D eigenvalue weighted by Gasteiger charge is 2.20. The molecule has 0 aliphatic heterocycles. The van der Waals surface area contributed by atoms with E-state index in [4.69, 9.17) is 0 Å². The van der Waals surface area contributed by atoms with Crippen molar-refractivity contribution in [1.82, 2.24) is 5.32 Å². The van der Waals surface area contributed by atoms with Crippen LogP contribution in [-0.2, 0) is 0 Å². The maximum atomic E-state index is 14.2. The Hall–Kier alpha value is -1.09. The predicted molar refractivity (Wildman–Crippen MR) is 81.3 cm³/mol. The van der Waals surface area contributed by atoms with Crippen molar-refractivity contribution in [3.63, 3.8) is 0 Å². The van der Waals surface area contributed by atoms with E-state index in [1.54, 1.807) is 12.1 Å². The fourth-order valence-electron chi connectivity index (χ4n) is 2.55. The molecule has 0 fully saturated rings. The van der Waals surface area contributed by atoms with Crippen molar-refractivity contribution in [3.05, 3.63) is 29.6 Å². The van der Waals surface area contributed by atoms with Crippen LogP contribution in [0.3, 0.4) is 0 Å². The highest BCUT2D eigenvalue weighted by molar-refractivity contribution is 5.56. The van der Waals surface area contributed by atoms with E-state index >= 15 is 0 Å². The van der Waals surface area contributed by atoms with Gasteiger partial charge in [0.25, 0.3) is 0 Å². The van der Waals surface area contributed by atoms with Gasteiger partial charge in [0.2, 0.25) is 0 Å². The van der Waals surface area contributed by atoms with E-state index in [1.165, 1.54) is 0 Å². The third-order valence-corrected chi connectivity index (χ3v) is 3.75. The summed E-state index contributed by atoms with van der Waals surface area (Å²) in [7, 11) is 0. The van der Waals surface area contributed by atoms with Crippen LogP contribution in [0.4, 0.5) is 10.1 Å². The largest absolute Gasteiger partial charge is 0.369 e. The first-order valence-corrected chi connectivity index (χ1v) is 7.35. The molecule has 0 radical (unpaired) electrons. The SMILES string of the molecule is CCNC(C)c1c(F)cccc1N(CC)C(C)CC. The van der Waals surface area contributed by atoms with E-state index in [0.29, 0.717) is 6.04 Å². The van der Waals surface area contributed by atoms with Crippen molar-refractivity contribution in [3.8, 4) is 0 Å². The zero-order chi connectivity index (χ0) is 14.4. The van der Waals surface area contributed by atoms with Crippen molar-refractivity contribution in [2.24, 2.45) is 0 Å². The molecule has 2 nitrogen and oxygen atoms in total. The van der Waals surface area contributed by atoms with Crippen LogP contribution in [0.25, 0.3) is 0 Å². The van der Waals surface area contributed by atoms with Gasteiger partial charge in [-0.3, -0.25) is 0 Å². The van der Waals surface area contributed by atoms with Gasteiger partial charge < -0.3 is 10.2 Å². The molecule has 1 aromatic rings. The minimum atomic E-state index is -0.118. The van der Waals surface area contributed by atoms with Crippen molar-refractivity contribution in [2.75, 3.05) is 18.0 Å². The summed E-state index contributed by atoms with van der Waals surface area (Å²) in [5, 5.41) is 3.31. The lowest BCUT2D eigenvalue weighted by atomic mass is 10.0. The van der Waals surface area contributed by atoms with Gasteiger partial charge >= 0.3 is 0 Å². The normalized spacial score (nSPS) is 14.2. The average molecular weight is 266 g/mol. The minimum absolute atomic E-state index is 0.0271. The number of hydrogen-bond acceptors (Lipinski definition) is 2. The van der Waals surface area contributed by atoms with Crippen LogP contribution in [0.15, 0.2) is 18.2 Å². The van der Waals surface area contributed by atoms with Crippen molar-refractivity contribution in [2.45, 2.75) is 53.1 Å². The lowest BCUT2D eigenvalue weighted by molar-refractivity contribution is 0.534. The van der Waals surface area contributed by atoms with Crippen LogP contribution in [0, 0.1) is 5.82 Å². The van der Waals surface area contributed by atoms with Gasteiger partial charge in [-0.2, -0.15) is 0 Å². The van der Waals surface area contributed by atoms with E-state index in [9.17, 15) is 4.39 Å². The molecule has 1 rings (SSSR count). The molecule has 3 heteroatoms. The van der Waals surface area contributed by atoms with Crippen LogP contribution >= 0.6 is 0 Å². The summed E-state index contributed by atoms with van der Waals surface area (Å²) >= 11 is 0. The Morgan fingerprint density at radius 2 is 1.89 bits per heavy atom. The van der Waals surface area contributed by atoms with Crippen molar-refractivity contribution in [1.29, 1.82) is 0 Å². The summed E-state index contributed by atoms with van der Waals surface area (Å²) < 4.78 is 14.2. The maximum Gasteiger partial charge on any atom is 0.130 e. The average Bonchev–Trinajstić information content (AvgIpc) is 2.39. The Kier molecular flexibility index (Phi) is 6.29. The zero-order valence-corrected chi connectivity index (χ0v) is 12.8. The molecule has 0 saturated carbocycles. The van der Waals surface area contributed by atoms with E-state index in [-0.39, 0.29) is 11.9 Å². The molecule has 0 aliphatic carbocycles. The molecule has 0 amide bonds. The topological polar surface area (TPSA) is 15.3 Å². The van der Waals surface area contributed by atoms with Crippen LogP contribution in [0.5, 0.6) is 0 Å². The van der Waals surface area contributed by atoms with E-state index in [2.05, 4.69) is 31.0 Å². The summed E-state index contributed by atoms with van der Waals surface area (Å²) in [5.41, 5.74) is 1.80. The Bertz CT molecular complexity index is 392. The van der Waals surface area contributed by atoms with Crippen LogP contribution < -0.4 is 10.2 Å². The summed E-state index contributed by atoms with van der Waals surface area (Å²) in [4.78, 5) is 2.28. The summed E-state index contributed by atoms with van der Waals surface area (Å²) in [6.45, 7) is 12.3. The smallest absolute Gasteiger partial charge is 0.130 e. The number of hydrogen-bond donors (Lipinski definition) is 1. The Morgan fingerprint density at radius 3 is 2.42 bits per heavy atom. The molecule has 2 atom stereocenters. The molecule has 108 valence electrons. The first kappa shape index (κ1) is 16.0. The molecule has 0 saturated heterocycles. The second-order valence-electron chi connectivity index (χ2n) is 5.00. The number of nitrogens with zero attached hydrogens (tertiary/aromatic N) is 1. The van der Waals surface area contributed by atoms with Crippen LogP contribution in [-0.4, -0.2) is 19.1 Å². The molecular formula is C16H27FN2. The Balaban J connectivity index is 3.21. The first-order valence-electron chi connectivity index (χ1n) is 7.35. The highest BCUT2D eigenvalue weighted by atomic mass is 19.1. The standard InChI is InChI=1S/C16H27FN2/c1-6-12(4)19(8-3)15-11-9-10-14(17)16(15)13(5)18-7-2/h9-13,18H,6-8H2,1-5H3. The second-order valence-corrected chi connectivity index (χ2v) is 5.00. The van der Waals surface area contributed by atoms with Gasteiger partial charge in [-0.1, -0.05) is 19.9 Å². The van der Waals surface area contributed by atoms with Gasteiger partial charge in [-0.25, -0.2) is 4.39 Å². The monoisotopic (exact) mass is 266 g/mol. The predicted octanol–water partition coefficient (Wildman–Crippen LogP) is 4.12. The number of anilines is 1. The van der Waals surface area contributed by atoms with Crippen LogP contribution in [0.1, 0.15) is 52.6 Å². The minimum Gasteiger partial charge on any atom is -0.369 e. The molecular weight excluding hydrogens is 239 g/mol. The molecule has 0 aromatic heterocycles. The Morgan fingerprint density at radius 1 is 1.21 bits per heavy atom. The van der Waals surface area contributed by atoms with Crippen molar-refractivity contribution >= 4 is 5.69 Å². The summed E-state index contributed by atoms with van der Waals surface area (Å²) in [6.07, 6.45) is 1.05. The first-order chi connectivity index (χ1) is 9.06. The molecule has 0 heterocycles. The van der Waals surface area contributed by atoms with Gasteiger partial charge in [0, 0.05) is 29.9 Å².